The fourth-order valence-corrected chi connectivity index (χ4v) is 4.87. The first kappa shape index (κ1) is 32.8. The van der Waals surface area contributed by atoms with Gasteiger partial charge in [0.25, 0.3) is 5.56 Å². The Morgan fingerprint density at radius 2 is 1.83 bits per heavy atom. The van der Waals surface area contributed by atoms with E-state index in [4.69, 9.17) is 18.5 Å². The minimum atomic E-state index is -4.50. The number of hydrogen-bond acceptors (Lipinski definition) is 9. The highest BCUT2D eigenvalue weighted by atomic mass is 31.2. The normalized spacial score (nSPS) is 15.0. The number of H-pyrrole nitrogens is 1. The summed E-state index contributed by atoms with van der Waals surface area (Å²) < 4.78 is 64.7. The number of ether oxygens (including phenoxy) is 2. The molecule has 0 aliphatic carbocycles. The third-order valence-corrected chi connectivity index (χ3v) is 7.09. The van der Waals surface area contributed by atoms with Crippen molar-refractivity contribution in [1.29, 1.82) is 0 Å². The van der Waals surface area contributed by atoms with Crippen LogP contribution in [0.3, 0.4) is 0 Å². The molecule has 0 aliphatic heterocycles. The maximum absolute atomic E-state index is 14.9. The highest BCUT2D eigenvalue weighted by Gasteiger charge is 2.32. The summed E-state index contributed by atoms with van der Waals surface area (Å²) in [6.45, 7) is 1.94. The summed E-state index contributed by atoms with van der Waals surface area (Å²) in [5.41, 5.74) is -0.825. The van der Waals surface area contributed by atoms with Crippen molar-refractivity contribution in [1.82, 2.24) is 14.6 Å². The van der Waals surface area contributed by atoms with Crippen molar-refractivity contribution in [3.63, 3.8) is 0 Å². The molecular weight excluding hydrogens is 579 g/mol. The van der Waals surface area contributed by atoms with E-state index in [9.17, 15) is 32.8 Å². The second-order valence-electron chi connectivity index (χ2n) is 9.31. The Morgan fingerprint density at radius 3 is 2.43 bits per heavy atom. The number of nitrogens with one attached hydrogen (secondary N) is 2. The van der Waals surface area contributed by atoms with Crippen LogP contribution >= 0.6 is 7.75 Å². The summed E-state index contributed by atoms with van der Waals surface area (Å²) >= 11 is 0. The summed E-state index contributed by atoms with van der Waals surface area (Å²) in [4.78, 5) is 37.5. The Balaban J connectivity index is 1.82. The van der Waals surface area contributed by atoms with Gasteiger partial charge in [-0.15, -0.1) is 0 Å². The minimum Gasteiger partial charge on any atom is -0.462 e. The van der Waals surface area contributed by atoms with Gasteiger partial charge in [0.15, 0.2) is 6.23 Å². The number of carbonyl (C=O) groups is 1. The lowest BCUT2D eigenvalue weighted by atomic mass is 10.1. The molecule has 0 saturated carbocycles. The Kier molecular flexibility index (Phi) is 11.7. The summed E-state index contributed by atoms with van der Waals surface area (Å²) in [7, 11) is -4.50. The molecule has 1 aromatic heterocycles. The fraction of sp³-hybridized carbons (Fsp3) is 0.370. The van der Waals surface area contributed by atoms with Crippen molar-refractivity contribution in [2.75, 3.05) is 19.8 Å². The molecule has 0 bridgehead atoms. The fourth-order valence-electron chi connectivity index (χ4n) is 3.61. The van der Waals surface area contributed by atoms with Gasteiger partial charge in [-0.25, -0.2) is 23.2 Å². The van der Waals surface area contributed by atoms with E-state index in [-0.39, 0.29) is 11.3 Å². The molecule has 12 nitrogen and oxygen atoms in total. The Labute approximate surface area is 239 Å². The molecule has 4 atom stereocenters. The van der Waals surface area contributed by atoms with E-state index in [0.717, 1.165) is 22.9 Å². The van der Waals surface area contributed by atoms with Crippen molar-refractivity contribution in [3.8, 4) is 16.9 Å². The first-order chi connectivity index (χ1) is 19.9. The zero-order chi connectivity index (χ0) is 30.9. The standard InChI is InChI=1S/C27H32F2N3O9P/c1-17(2)39-26(35)15-30-42(37,41-20-9-10-21(22(29)13-20)19-7-5-4-6-8-19)38-16-23(18(3)33)40-25(14-28)32-12-11-24(34)31-27(32)36/h4-13,17-18,23,25,33H,14-16H2,1-3H3,(H,30,37)(H,31,34,36)/t18-,23+,25+,42?/m0/s1. The van der Waals surface area contributed by atoms with E-state index < -0.39 is 75.1 Å². The maximum Gasteiger partial charge on any atom is 0.459 e. The number of rotatable bonds is 15. The number of aromatic nitrogens is 2. The molecular formula is C27H32F2N3O9P. The minimum absolute atomic E-state index is 0.212. The Bertz CT molecular complexity index is 1500. The lowest BCUT2D eigenvalue weighted by molar-refractivity contribution is -0.146. The first-order valence-corrected chi connectivity index (χ1v) is 14.4. The van der Waals surface area contributed by atoms with Crippen molar-refractivity contribution in [2.24, 2.45) is 0 Å². The first-order valence-electron chi connectivity index (χ1n) is 12.9. The molecule has 15 heteroatoms. The lowest BCUT2D eigenvalue weighted by Gasteiger charge is -2.28. The lowest BCUT2D eigenvalue weighted by Crippen LogP contribution is -2.39. The van der Waals surface area contributed by atoms with Crippen molar-refractivity contribution >= 4 is 13.7 Å². The van der Waals surface area contributed by atoms with E-state index in [2.05, 4.69) is 5.09 Å². The maximum atomic E-state index is 14.9. The molecule has 0 aliphatic rings. The van der Waals surface area contributed by atoms with Gasteiger partial charge >= 0.3 is 19.4 Å². The summed E-state index contributed by atoms with van der Waals surface area (Å²) in [5, 5.41) is 12.6. The van der Waals surface area contributed by atoms with Crippen LogP contribution < -0.4 is 20.9 Å². The third-order valence-electron chi connectivity index (χ3n) is 5.61. The van der Waals surface area contributed by atoms with Crippen LogP contribution in [-0.4, -0.2) is 58.8 Å². The van der Waals surface area contributed by atoms with Gasteiger partial charge in [-0.05, 0) is 38.5 Å². The van der Waals surface area contributed by atoms with Crippen LogP contribution in [0.5, 0.6) is 5.75 Å². The summed E-state index contributed by atoms with van der Waals surface area (Å²) in [6, 6.07) is 13.4. The van der Waals surface area contributed by atoms with Gasteiger partial charge in [0.1, 0.15) is 30.9 Å². The van der Waals surface area contributed by atoms with E-state index in [0.29, 0.717) is 5.56 Å². The van der Waals surface area contributed by atoms with Gasteiger partial charge in [-0.2, -0.15) is 0 Å². The highest BCUT2D eigenvalue weighted by molar-refractivity contribution is 7.52. The van der Waals surface area contributed by atoms with Crippen LogP contribution in [0, 0.1) is 5.82 Å². The molecule has 0 radical (unpaired) electrons. The zero-order valence-electron chi connectivity index (χ0n) is 23.1. The van der Waals surface area contributed by atoms with Crippen molar-refractivity contribution in [2.45, 2.75) is 45.3 Å². The topological polar surface area (TPSA) is 158 Å². The number of hydrogen-bond donors (Lipinski definition) is 3. The number of aliphatic hydroxyl groups excluding tert-OH is 1. The van der Waals surface area contributed by atoms with E-state index in [1.165, 1.54) is 19.1 Å². The van der Waals surface area contributed by atoms with Crippen molar-refractivity contribution in [3.05, 3.63) is 87.4 Å². The number of benzene rings is 2. The molecule has 0 amide bonds. The molecule has 3 rings (SSSR count). The number of esters is 1. The second kappa shape index (κ2) is 15.0. The molecule has 1 heterocycles. The van der Waals surface area contributed by atoms with Crippen molar-refractivity contribution < 1.29 is 41.8 Å². The number of aliphatic hydroxyl groups is 1. The number of nitrogens with zero attached hydrogens (tertiary/aromatic N) is 1. The van der Waals surface area contributed by atoms with E-state index in [1.807, 2.05) is 4.98 Å². The molecule has 42 heavy (non-hydrogen) atoms. The molecule has 1 unspecified atom stereocenters. The smallest absolute Gasteiger partial charge is 0.459 e. The van der Waals surface area contributed by atoms with Crippen LogP contribution in [0.15, 0.2) is 70.4 Å². The summed E-state index contributed by atoms with van der Waals surface area (Å²) in [6.07, 6.45) is -3.79. The van der Waals surface area contributed by atoms with Crippen LogP contribution in [0.25, 0.3) is 11.1 Å². The van der Waals surface area contributed by atoms with Crippen LogP contribution in [-0.2, 0) is 23.4 Å². The number of carbonyl (C=O) groups excluding carboxylic acids is 1. The quantitative estimate of drug-likeness (QED) is 0.172. The number of aromatic amines is 1. The van der Waals surface area contributed by atoms with E-state index >= 15 is 0 Å². The largest absolute Gasteiger partial charge is 0.462 e. The molecule has 0 spiro atoms. The summed E-state index contributed by atoms with van der Waals surface area (Å²) in [5.74, 6) is -1.69. The van der Waals surface area contributed by atoms with Gasteiger partial charge in [0.2, 0.25) is 0 Å². The number of halogens is 2. The van der Waals surface area contributed by atoms with Gasteiger partial charge < -0.3 is 19.1 Å². The molecule has 228 valence electrons. The average molecular weight is 612 g/mol. The van der Waals surface area contributed by atoms with Gasteiger partial charge in [-0.3, -0.25) is 23.7 Å². The average Bonchev–Trinajstić information content (AvgIpc) is 2.93. The Morgan fingerprint density at radius 1 is 1.12 bits per heavy atom. The Hall–Kier alpha value is -3.68. The van der Waals surface area contributed by atoms with Crippen LogP contribution in [0.4, 0.5) is 8.78 Å². The molecule has 3 aromatic rings. The van der Waals surface area contributed by atoms with Gasteiger partial charge in [0, 0.05) is 23.9 Å². The number of alkyl halides is 1. The molecule has 2 aromatic carbocycles. The van der Waals surface area contributed by atoms with E-state index in [1.54, 1.807) is 44.2 Å². The predicted molar refractivity (Wildman–Crippen MR) is 148 cm³/mol. The van der Waals surface area contributed by atoms with Gasteiger partial charge in [-0.1, -0.05) is 30.3 Å². The van der Waals surface area contributed by atoms with Crippen LogP contribution in [0.1, 0.15) is 27.0 Å². The van der Waals surface area contributed by atoms with Crippen LogP contribution in [0.2, 0.25) is 0 Å². The molecule has 0 fully saturated rings. The predicted octanol–water partition coefficient (Wildman–Crippen LogP) is 3.32. The second-order valence-corrected chi connectivity index (χ2v) is 11.1. The zero-order valence-corrected chi connectivity index (χ0v) is 24.0. The SMILES string of the molecule is CC(C)OC(=O)CNP(=O)(OC[C@@H](O[C@H](CF)n1ccc(=O)[nH]c1=O)[C@H](C)O)Oc1ccc(-c2ccccc2)c(F)c1. The highest BCUT2D eigenvalue weighted by Crippen LogP contribution is 2.45. The monoisotopic (exact) mass is 611 g/mol. The third kappa shape index (κ3) is 9.43. The molecule has 0 saturated heterocycles. The van der Waals surface area contributed by atoms with Gasteiger partial charge in [0.05, 0.1) is 18.8 Å². The molecule has 3 N–H and O–H groups in total.